The number of carbonyl (C=O) groups is 1. The number of hydrogen-bond donors (Lipinski definition) is 1. The normalized spacial score (nSPS) is 15.3. The van der Waals surface area contributed by atoms with Crippen LogP contribution >= 0.6 is 0 Å². The largest absolute Gasteiger partial charge is 0.386 e. The lowest BCUT2D eigenvalue weighted by atomic mass is 9.79. The zero-order valence-electron chi connectivity index (χ0n) is 18.1. The average Bonchev–Trinajstić information content (AvgIpc) is 2.79. The number of fused-ring (bicyclic) bond motifs is 1. The van der Waals surface area contributed by atoms with Crippen molar-refractivity contribution in [2.75, 3.05) is 0 Å². The highest BCUT2D eigenvalue weighted by atomic mass is 16.3. The van der Waals surface area contributed by atoms with Gasteiger partial charge in [-0.15, -0.1) is 0 Å². The van der Waals surface area contributed by atoms with E-state index in [4.69, 9.17) is 0 Å². The fourth-order valence-electron chi connectivity index (χ4n) is 3.48. The molecule has 150 valence electrons. The van der Waals surface area contributed by atoms with E-state index in [9.17, 15) is 9.90 Å². The molecule has 0 aromatic carbocycles. The van der Waals surface area contributed by atoms with Gasteiger partial charge in [0.2, 0.25) is 0 Å². The first-order chi connectivity index (χ1) is 12.4. The molecule has 1 N–H and O–H groups in total. The zero-order valence-corrected chi connectivity index (χ0v) is 18.1. The first-order valence-electron chi connectivity index (χ1n) is 10.2. The highest BCUT2D eigenvalue weighted by Gasteiger charge is 2.26. The molecule has 3 rings (SSSR count). The fourth-order valence-corrected chi connectivity index (χ4v) is 3.48. The van der Waals surface area contributed by atoms with E-state index in [-0.39, 0.29) is 5.41 Å². The number of aryl methyl sites for hydroxylation is 1. The molecule has 2 aromatic heterocycles. The van der Waals surface area contributed by atoms with Crippen LogP contribution in [0.4, 0.5) is 0 Å². The second-order valence-electron chi connectivity index (χ2n) is 9.56. The third-order valence-corrected chi connectivity index (χ3v) is 5.20. The van der Waals surface area contributed by atoms with Gasteiger partial charge in [-0.3, -0.25) is 4.79 Å². The summed E-state index contributed by atoms with van der Waals surface area (Å²) >= 11 is 0. The van der Waals surface area contributed by atoms with Gasteiger partial charge in [0, 0.05) is 24.6 Å². The predicted octanol–water partition coefficient (Wildman–Crippen LogP) is 5.54. The molecule has 0 spiro atoms. The van der Waals surface area contributed by atoms with Gasteiger partial charge in [-0.25, -0.2) is 4.52 Å². The second kappa shape index (κ2) is 8.14. The van der Waals surface area contributed by atoms with Crippen LogP contribution < -0.4 is 0 Å². The van der Waals surface area contributed by atoms with E-state index in [0.717, 1.165) is 16.8 Å². The first-order valence-corrected chi connectivity index (χ1v) is 10.2. The number of carbonyl (C=O) groups excluding carboxylic acids is 1. The number of rotatable bonds is 4. The zero-order chi connectivity index (χ0) is 20.4. The molecule has 1 saturated carbocycles. The molecule has 4 heteroatoms. The minimum Gasteiger partial charge on any atom is -0.386 e. The van der Waals surface area contributed by atoms with E-state index >= 15 is 0 Å². The molecule has 0 radical (unpaired) electrons. The van der Waals surface area contributed by atoms with Crippen molar-refractivity contribution in [2.24, 2.45) is 5.41 Å². The molecule has 0 unspecified atom stereocenters. The van der Waals surface area contributed by atoms with Crippen molar-refractivity contribution >= 4 is 11.3 Å². The van der Waals surface area contributed by atoms with Crippen molar-refractivity contribution in [2.45, 2.75) is 92.1 Å². The van der Waals surface area contributed by atoms with E-state index in [1.165, 1.54) is 24.8 Å². The number of hydrogen-bond acceptors (Lipinski definition) is 3. The summed E-state index contributed by atoms with van der Waals surface area (Å²) in [5, 5.41) is 14.7. The molecule has 1 fully saturated rings. The van der Waals surface area contributed by atoms with Gasteiger partial charge in [-0.05, 0) is 62.6 Å². The Hall–Kier alpha value is -1.68. The minimum atomic E-state index is -0.795. The molecule has 0 aliphatic heterocycles. The molecule has 4 nitrogen and oxygen atoms in total. The Morgan fingerprint density at radius 1 is 1.26 bits per heavy atom. The van der Waals surface area contributed by atoms with E-state index in [1.54, 1.807) is 0 Å². The summed E-state index contributed by atoms with van der Waals surface area (Å²) in [5.74, 6) is 1.03. The van der Waals surface area contributed by atoms with E-state index < -0.39 is 5.60 Å². The van der Waals surface area contributed by atoms with E-state index in [0.29, 0.717) is 24.5 Å². The molecule has 0 atom stereocenters. The fraction of sp³-hybridized carbons (Fsp3) is 0.652. The van der Waals surface area contributed by atoms with Gasteiger partial charge in [0.1, 0.15) is 5.78 Å². The smallest absolute Gasteiger partial charge is 0.133 e. The Morgan fingerprint density at radius 2 is 1.89 bits per heavy atom. The molecule has 0 amide bonds. The summed E-state index contributed by atoms with van der Waals surface area (Å²) in [7, 11) is 0. The lowest BCUT2D eigenvalue weighted by Crippen LogP contribution is -2.16. The summed E-state index contributed by atoms with van der Waals surface area (Å²) < 4.78 is 1.94. The van der Waals surface area contributed by atoms with Gasteiger partial charge >= 0.3 is 0 Å². The van der Waals surface area contributed by atoms with Crippen molar-refractivity contribution < 1.29 is 9.90 Å². The number of pyridine rings is 1. The van der Waals surface area contributed by atoms with Gasteiger partial charge < -0.3 is 5.11 Å². The number of ketones is 1. The lowest BCUT2D eigenvalue weighted by molar-refractivity contribution is -0.120. The predicted molar refractivity (Wildman–Crippen MR) is 111 cm³/mol. The number of Topliss-reactive ketones (excluding diaryl/α,β-unsaturated/α-hetero) is 1. The quantitative estimate of drug-likeness (QED) is 0.766. The van der Waals surface area contributed by atoms with Crippen molar-refractivity contribution in [3.63, 3.8) is 0 Å². The van der Waals surface area contributed by atoms with Crippen LogP contribution in [-0.2, 0) is 10.4 Å². The highest BCUT2D eigenvalue weighted by molar-refractivity contribution is 5.78. The Balaban J connectivity index is 0.000000249. The van der Waals surface area contributed by atoms with Gasteiger partial charge in [0.15, 0.2) is 0 Å². The summed E-state index contributed by atoms with van der Waals surface area (Å²) in [4.78, 5) is 10.8. The van der Waals surface area contributed by atoms with Gasteiger partial charge in [0.25, 0.3) is 0 Å². The van der Waals surface area contributed by atoms with Crippen LogP contribution in [0.2, 0.25) is 0 Å². The Morgan fingerprint density at radius 3 is 2.30 bits per heavy atom. The maximum Gasteiger partial charge on any atom is 0.133 e. The van der Waals surface area contributed by atoms with Gasteiger partial charge in [-0.2, -0.15) is 5.10 Å². The Labute approximate surface area is 164 Å². The van der Waals surface area contributed by atoms with Crippen LogP contribution in [0, 0.1) is 12.3 Å². The van der Waals surface area contributed by atoms with E-state index in [2.05, 4.69) is 38.9 Å². The third kappa shape index (κ3) is 5.65. The third-order valence-electron chi connectivity index (χ3n) is 5.20. The molecule has 0 bridgehead atoms. The van der Waals surface area contributed by atoms with Crippen LogP contribution in [-0.4, -0.2) is 20.5 Å². The Bertz CT molecular complexity index is 787. The number of aliphatic hydroxyl groups is 1. The second-order valence-corrected chi connectivity index (χ2v) is 9.56. The van der Waals surface area contributed by atoms with Crippen molar-refractivity contribution in [3.8, 4) is 0 Å². The Kier molecular flexibility index (Phi) is 6.51. The maximum absolute atomic E-state index is 10.8. The minimum absolute atomic E-state index is 0.174. The molecule has 2 heterocycles. The molecule has 27 heavy (non-hydrogen) atoms. The molecule has 2 aromatic rings. The molecule has 1 aliphatic carbocycles. The first kappa shape index (κ1) is 21.6. The summed E-state index contributed by atoms with van der Waals surface area (Å²) in [5.41, 5.74) is 4.01. The summed E-state index contributed by atoms with van der Waals surface area (Å²) in [6.45, 7) is 13.9. The van der Waals surface area contributed by atoms with Crippen molar-refractivity contribution in [1.29, 1.82) is 0 Å². The monoisotopic (exact) mass is 372 g/mol. The van der Waals surface area contributed by atoms with Crippen LogP contribution in [0.25, 0.3) is 5.52 Å². The summed E-state index contributed by atoms with van der Waals surface area (Å²) in [6.07, 6.45) is 7.22. The number of aromatic nitrogens is 2. The van der Waals surface area contributed by atoms with Crippen LogP contribution in [0.1, 0.15) is 96.4 Å². The summed E-state index contributed by atoms with van der Waals surface area (Å²) in [6, 6.07) is 4.04. The topological polar surface area (TPSA) is 54.6 Å². The highest BCUT2D eigenvalue weighted by Crippen LogP contribution is 2.40. The molecule has 0 saturated heterocycles. The molecular formula is C23H36N2O2. The van der Waals surface area contributed by atoms with Crippen molar-refractivity contribution in [1.82, 2.24) is 9.61 Å². The van der Waals surface area contributed by atoms with Crippen LogP contribution in [0.15, 0.2) is 18.3 Å². The van der Waals surface area contributed by atoms with E-state index in [1.807, 2.05) is 37.5 Å². The lowest BCUT2D eigenvalue weighted by Gasteiger charge is -2.26. The maximum atomic E-state index is 10.8. The van der Waals surface area contributed by atoms with Gasteiger partial charge in [-0.1, -0.05) is 34.1 Å². The van der Waals surface area contributed by atoms with Crippen LogP contribution in [0.3, 0.4) is 0 Å². The van der Waals surface area contributed by atoms with Crippen molar-refractivity contribution in [3.05, 3.63) is 35.2 Å². The molecule has 1 aliphatic rings. The standard InChI is InChI=1S/C15H20N2O.C8H16O/c1-10-14(11-5-4-6-11)13-9-12(15(2,3)18)7-8-17(13)16-10;1-5-7(9)6-8(2,3)4/h7-9,11,18H,4-6H2,1-3H3;5-6H2,1-4H3. The van der Waals surface area contributed by atoms with Crippen LogP contribution in [0.5, 0.6) is 0 Å². The molecular weight excluding hydrogens is 336 g/mol. The average molecular weight is 373 g/mol. The number of nitrogens with zero attached hydrogens (tertiary/aromatic N) is 2. The SMILES string of the molecule is CCC(=O)CC(C)(C)C.Cc1nn2ccc(C(C)(C)O)cc2c1C1CCC1. The van der Waals surface area contributed by atoms with Gasteiger partial charge in [0.05, 0.1) is 16.8 Å².